The molecule has 2 aliphatic heterocycles. The summed E-state index contributed by atoms with van der Waals surface area (Å²) < 4.78 is 5.36. The molecule has 0 spiro atoms. The molecule has 3 nitrogen and oxygen atoms in total. The lowest BCUT2D eigenvalue weighted by Gasteiger charge is -2.23. The van der Waals surface area contributed by atoms with Gasteiger partial charge in [0.1, 0.15) is 0 Å². The van der Waals surface area contributed by atoms with Gasteiger partial charge in [0, 0.05) is 38.0 Å². The van der Waals surface area contributed by atoms with Gasteiger partial charge in [0.05, 0.1) is 6.61 Å². The third-order valence-electron chi connectivity index (χ3n) is 3.63. The standard InChI is InChI=1S/C12H24N2OS/c1-14(12-3-7-16-10-12)5-4-13-8-11-2-6-15-9-11/h11-13H,2-10H2,1H3. The van der Waals surface area contributed by atoms with E-state index >= 15 is 0 Å². The number of nitrogens with zero attached hydrogens (tertiary/aromatic N) is 1. The molecule has 94 valence electrons. The molecular formula is C12H24N2OS. The highest BCUT2D eigenvalue weighted by Crippen LogP contribution is 2.20. The first-order valence-corrected chi connectivity index (χ1v) is 7.58. The molecule has 2 heterocycles. The van der Waals surface area contributed by atoms with Gasteiger partial charge in [-0.15, -0.1) is 0 Å². The highest BCUT2D eigenvalue weighted by atomic mass is 32.2. The Morgan fingerprint density at radius 1 is 1.44 bits per heavy atom. The fraction of sp³-hybridized carbons (Fsp3) is 1.00. The number of hydrogen-bond acceptors (Lipinski definition) is 4. The zero-order valence-corrected chi connectivity index (χ0v) is 11.1. The molecule has 0 amide bonds. The van der Waals surface area contributed by atoms with E-state index in [0.29, 0.717) is 0 Å². The first kappa shape index (κ1) is 12.7. The summed E-state index contributed by atoms with van der Waals surface area (Å²) in [6, 6.07) is 0.821. The SMILES string of the molecule is CN(CCNCC1CCOC1)C1CCSC1. The Balaban J connectivity index is 1.50. The van der Waals surface area contributed by atoms with Crippen LogP contribution in [0.15, 0.2) is 0 Å². The van der Waals surface area contributed by atoms with E-state index in [9.17, 15) is 0 Å². The van der Waals surface area contributed by atoms with Crippen LogP contribution in [-0.2, 0) is 4.74 Å². The first-order valence-electron chi connectivity index (χ1n) is 6.42. The van der Waals surface area contributed by atoms with Crippen molar-refractivity contribution >= 4 is 11.8 Å². The van der Waals surface area contributed by atoms with Crippen molar-refractivity contribution in [3.8, 4) is 0 Å². The predicted octanol–water partition coefficient (Wildman–Crippen LogP) is 1.05. The van der Waals surface area contributed by atoms with Crippen molar-refractivity contribution < 1.29 is 4.74 Å². The van der Waals surface area contributed by atoms with Crippen LogP contribution in [-0.4, -0.2) is 62.3 Å². The van der Waals surface area contributed by atoms with Gasteiger partial charge in [0.25, 0.3) is 0 Å². The van der Waals surface area contributed by atoms with Crippen LogP contribution in [0.3, 0.4) is 0 Å². The summed E-state index contributed by atoms with van der Waals surface area (Å²) in [5, 5.41) is 3.55. The van der Waals surface area contributed by atoms with Gasteiger partial charge in [-0.05, 0) is 31.6 Å². The Morgan fingerprint density at radius 2 is 2.38 bits per heavy atom. The molecular weight excluding hydrogens is 220 g/mol. The molecule has 2 rings (SSSR count). The van der Waals surface area contributed by atoms with Gasteiger partial charge in [0.15, 0.2) is 0 Å². The second-order valence-corrected chi connectivity index (χ2v) is 6.08. The molecule has 0 aliphatic carbocycles. The minimum atomic E-state index is 0.757. The molecule has 0 saturated carbocycles. The summed E-state index contributed by atoms with van der Waals surface area (Å²) in [4.78, 5) is 2.51. The van der Waals surface area contributed by atoms with Crippen molar-refractivity contribution in [2.24, 2.45) is 5.92 Å². The monoisotopic (exact) mass is 244 g/mol. The summed E-state index contributed by atoms with van der Waals surface area (Å²) >= 11 is 2.09. The maximum absolute atomic E-state index is 5.36. The normalized spacial score (nSPS) is 30.4. The van der Waals surface area contributed by atoms with E-state index in [1.807, 2.05) is 0 Å². The maximum atomic E-state index is 5.36. The molecule has 2 unspecified atom stereocenters. The highest BCUT2D eigenvalue weighted by Gasteiger charge is 2.19. The second kappa shape index (κ2) is 6.84. The van der Waals surface area contributed by atoms with Crippen LogP contribution in [0.25, 0.3) is 0 Å². The smallest absolute Gasteiger partial charge is 0.0507 e. The minimum Gasteiger partial charge on any atom is -0.381 e. The van der Waals surface area contributed by atoms with Gasteiger partial charge < -0.3 is 15.0 Å². The fourth-order valence-corrected chi connectivity index (χ4v) is 3.66. The molecule has 0 aromatic rings. The highest BCUT2D eigenvalue weighted by molar-refractivity contribution is 7.99. The van der Waals surface area contributed by atoms with Crippen LogP contribution in [0.5, 0.6) is 0 Å². The van der Waals surface area contributed by atoms with Crippen LogP contribution >= 0.6 is 11.8 Å². The lowest BCUT2D eigenvalue weighted by Crippen LogP contribution is -2.38. The van der Waals surface area contributed by atoms with Crippen molar-refractivity contribution in [2.75, 3.05) is 51.4 Å². The largest absolute Gasteiger partial charge is 0.381 e. The Labute approximate surface area is 103 Å². The van der Waals surface area contributed by atoms with Crippen LogP contribution in [0, 0.1) is 5.92 Å². The van der Waals surface area contributed by atoms with E-state index in [2.05, 4.69) is 29.0 Å². The Hall–Kier alpha value is 0.230. The Bertz CT molecular complexity index is 191. The van der Waals surface area contributed by atoms with Crippen molar-refractivity contribution in [1.29, 1.82) is 0 Å². The third kappa shape index (κ3) is 3.91. The average Bonchev–Trinajstić information content (AvgIpc) is 2.96. The van der Waals surface area contributed by atoms with E-state index in [1.54, 1.807) is 0 Å². The summed E-state index contributed by atoms with van der Waals surface area (Å²) in [5.41, 5.74) is 0. The van der Waals surface area contributed by atoms with Gasteiger partial charge in [-0.25, -0.2) is 0 Å². The maximum Gasteiger partial charge on any atom is 0.0507 e. The zero-order valence-electron chi connectivity index (χ0n) is 10.3. The average molecular weight is 244 g/mol. The molecule has 2 atom stereocenters. The first-order chi connectivity index (χ1) is 7.86. The molecule has 16 heavy (non-hydrogen) atoms. The molecule has 2 saturated heterocycles. The van der Waals surface area contributed by atoms with Crippen LogP contribution in [0.4, 0.5) is 0 Å². The molecule has 4 heteroatoms. The van der Waals surface area contributed by atoms with E-state index in [-0.39, 0.29) is 0 Å². The van der Waals surface area contributed by atoms with Crippen molar-refractivity contribution in [1.82, 2.24) is 10.2 Å². The topological polar surface area (TPSA) is 24.5 Å². The quantitative estimate of drug-likeness (QED) is 0.706. The second-order valence-electron chi connectivity index (χ2n) is 4.93. The molecule has 0 radical (unpaired) electrons. The van der Waals surface area contributed by atoms with Crippen molar-refractivity contribution in [3.05, 3.63) is 0 Å². The van der Waals surface area contributed by atoms with Crippen LogP contribution < -0.4 is 5.32 Å². The van der Waals surface area contributed by atoms with Gasteiger partial charge in [0.2, 0.25) is 0 Å². The third-order valence-corrected chi connectivity index (χ3v) is 4.77. The molecule has 0 bridgehead atoms. The molecule has 2 aliphatic rings. The number of hydrogen-bond donors (Lipinski definition) is 1. The van der Waals surface area contributed by atoms with Crippen molar-refractivity contribution in [3.63, 3.8) is 0 Å². The number of likely N-dealkylation sites (N-methyl/N-ethyl adjacent to an activating group) is 1. The Kier molecular flexibility index (Phi) is 5.42. The summed E-state index contributed by atoms with van der Waals surface area (Å²) in [7, 11) is 2.26. The minimum absolute atomic E-state index is 0.757. The van der Waals surface area contributed by atoms with Gasteiger partial charge in [-0.1, -0.05) is 0 Å². The van der Waals surface area contributed by atoms with E-state index in [0.717, 1.165) is 38.3 Å². The Morgan fingerprint density at radius 3 is 3.06 bits per heavy atom. The molecule has 1 N–H and O–H groups in total. The van der Waals surface area contributed by atoms with Gasteiger partial charge in [-0.3, -0.25) is 0 Å². The van der Waals surface area contributed by atoms with Gasteiger partial charge >= 0.3 is 0 Å². The summed E-state index contributed by atoms with van der Waals surface area (Å²) in [5.74, 6) is 3.43. The van der Waals surface area contributed by atoms with E-state index < -0.39 is 0 Å². The van der Waals surface area contributed by atoms with Crippen LogP contribution in [0.2, 0.25) is 0 Å². The van der Waals surface area contributed by atoms with Gasteiger partial charge in [-0.2, -0.15) is 11.8 Å². The fourth-order valence-electron chi connectivity index (χ4n) is 2.36. The number of thioether (sulfide) groups is 1. The predicted molar refractivity (Wildman–Crippen MR) is 70.2 cm³/mol. The molecule has 2 fully saturated rings. The van der Waals surface area contributed by atoms with E-state index in [1.165, 1.54) is 30.9 Å². The van der Waals surface area contributed by atoms with E-state index in [4.69, 9.17) is 4.74 Å². The number of ether oxygens (including phenoxy) is 1. The number of nitrogens with one attached hydrogen (secondary N) is 1. The number of rotatable bonds is 6. The van der Waals surface area contributed by atoms with Crippen molar-refractivity contribution in [2.45, 2.75) is 18.9 Å². The van der Waals surface area contributed by atoms with Crippen LogP contribution in [0.1, 0.15) is 12.8 Å². The molecule has 0 aromatic heterocycles. The summed E-state index contributed by atoms with van der Waals surface area (Å²) in [6.07, 6.45) is 2.61. The summed E-state index contributed by atoms with van der Waals surface area (Å²) in [6.45, 7) is 5.36. The zero-order chi connectivity index (χ0) is 11.2. The molecule has 0 aromatic carbocycles. The lowest BCUT2D eigenvalue weighted by atomic mass is 10.1. The lowest BCUT2D eigenvalue weighted by molar-refractivity contribution is 0.184.